The lowest BCUT2D eigenvalue weighted by Crippen LogP contribution is -2.34. The van der Waals surface area contributed by atoms with Crippen molar-refractivity contribution in [3.05, 3.63) is 116 Å². The van der Waals surface area contributed by atoms with Crippen molar-refractivity contribution in [3.63, 3.8) is 0 Å². The number of aromatic nitrogens is 1. The maximum Gasteiger partial charge on any atom is 0.265 e. The fourth-order valence-corrected chi connectivity index (χ4v) is 5.69. The fourth-order valence-electron chi connectivity index (χ4n) is 4.21. The van der Waals surface area contributed by atoms with Crippen LogP contribution in [-0.2, 0) is 13.0 Å². The van der Waals surface area contributed by atoms with E-state index in [1.807, 2.05) is 85.8 Å². The number of rotatable bonds is 6. The molecule has 0 aliphatic heterocycles. The van der Waals surface area contributed by atoms with Gasteiger partial charge in [0.1, 0.15) is 4.88 Å². The second-order valence-corrected chi connectivity index (χ2v) is 9.80. The van der Waals surface area contributed by atoms with Gasteiger partial charge >= 0.3 is 0 Å². The molecular weight excluding hydrogens is 464 g/mol. The van der Waals surface area contributed by atoms with Gasteiger partial charge < -0.3 is 9.88 Å². The molecule has 0 saturated heterocycles. The Morgan fingerprint density at radius 2 is 1.76 bits per heavy atom. The normalized spacial score (nSPS) is 11.2. The number of thiophene rings is 1. The van der Waals surface area contributed by atoms with Crippen molar-refractivity contribution < 1.29 is 4.79 Å². The number of carbonyl (C=O) groups is 1. The van der Waals surface area contributed by atoms with E-state index in [-0.39, 0.29) is 18.0 Å². The first-order valence-electron chi connectivity index (χ1n) is 11.1. The van der Waals surface area contributed by atoms with Gasteiger partial charge in [-0.15, -0.1) is 11.3 Å². The zero-order valence-electron chi connectivity index (χ0n) is 18.7. The number of aryl methyl sites for hydroxylation is 1. The molecule has 5 aromatic rings. The number of hydrogen-bond acceptors (Lipinski definition) is 3. The molecule has 1 amide bonds. The van der Waals surface area contributed by atoms with Gasteiger partial charge in [0.2, 0.25) is 0 Å². The van der Waals surface area contributed by atoms with Crippen molar-refractivity contribution in [1.82, 2.24) is 9.88 Å². The van der Waals surface area contributed by atoms with E-state index in [0.717, 1.165) is 32.1 Å². The fraction of sp³-hybridized carbons (Fsp3) is 0.143. The highest BCUT2D eigenvalue weighted by Crippen LogP contribution is 2.36. The molecule has 1 N–H and O–H groups in total. The van der Waals surface area contributed by atoms with E-state index in [9.17, 15) is 9.59 Å². The molecule has 6 heteroatoms. The molecule has 0 bridgehead atoms. The molecule has 0 unspecified atom stereocenters. The summed E-state index contributed by atoms with van der Waals surface area (Å²) >= 11 is 8.03. The Bertz CT molecular complexity index is 1560. The van der Waals surface area contributed by atoms with Gasteiger partial charge in [-0.25, -0.2) is 0 Å². The Labute approximate surface area is 206 Å². The average Bonchev–Trinajstić information content (AvgIpc) is 3.19. The maximum atomic E-state index is 13.7. The number of amides is 1. The lowest BCUT2D eigenvalue weighted by atomic mass is 10.1. The summed E-state index contributed by atoms with van der Waals surface area (Å²) in [6.07, 6.45) is 0.680. The van der Waals surface area contributed by atoms with Crippen molar-refractivity contribution in [2.75, 3.05) is 6.54 Å². The zero-order chi connectivity index (χ0) is 23.7. The maximum absolute atomic E-state index is 13.7. The third-order valence-electron chi connectivity index (χ3n) is 6.06. The summed E-state index contributed by atoms with van der Waals surface area (Å²) in [5.74, 6) is -0.161. The first-order chi connectivity index (χ1) is 16.5. The second kappa shape index (κ2) is 9.45. The van der Waals surface area contributed by atoms with Crippen molar-refractivity contribution >= 4 is 49.8 Å². The van der Waals surface area contributed by atoms with Gasteiger partial charge in [0.15, 0.2) is 0 Å². The zero-order valence-corrected chi connectivity index (χ0v) is 20.2. The highest BCUT2D eigenvalue weighted by atomic mass is 35.5. The SMILES string of the molecule is Cc1cccc2cc(CN(CCc3ccccc3)C(=O)c3sc4ccccc4c3Cl)c(=O)[nH]c12. The topological polar surface area (TPSA) is 53.2 Å². The number of carbonyl (C=O) groups excluding carboxylic acids is 1. The van der Waals surface area contributed by atoms with Crippen LogP contribution in [0, 0.1) is 6.92 Å². The van der Waals surface area contributed by atoms with Gasteiger partial charge in [-0.1, -0.05) is 78.3 Å². The summed E-state index contributed by atoms with van der Waals surface area (Å²) in [5.41, 5.74) is 3.34. The van der Waals surface area contributed by atoms with Crippen molar-refractivity contribution in [2.45, 2.75) is 19.9 Å². The Morgan fingerprint density at radius 3 is 2.56 bits per heavy atom. The molecule has 170 valence electrons. The highest BCUT2D eigenvalue weighted by molar-refractivity contribution is 7.21. The first-order valence-corrected chi connectivity index (χ1v) is 12.3. The summed E-state index contributed by atoms with van der Waals surface area (Å²) in [5, 5.41) is 2.29. The molecule has 2 heterocycles. The van der Waals surface area contributed by atoms with Gasteiger partial charge in [-0.05, 0) is 42.0 Å². The van der Waals surface area contributed by atoms with Gasteiger partial charge in [0.05, 0.1) is 17.1 Å². The van der Waals surface area contributed by atoms with Crippen LogP contribution in [-0.4, -0.2) is 22.3 Å². The quantitative estimate of drug-likeness (QED) is 0.294. The predicted octanol–water partition coefficient (Wildman–Crippen LogP) is 6.59. The number of aromatic amines is 1. The third kappa shape index (κ3) is 4.37. The van der Waals surface area contributed by atoms with Crippen molar-refractivity contribution in [1.29, 1.82) is 0 Å². The molecule has 34 heavy (non-hydrogen) atoms. The molecule has 4 nitrogen and oxygen atoms in total. The second-order valence-electron chi connectivity index (χ2n) is 8.37. The van der Waals surface area contributed by atoms with Gasteiger partial charge in [0.25, 0.3) is 11.5 Å². The molecule has 0 atom stereocenters. The lowest BCUT2D eigenvalue weighted by Gasteiger charge is -2.22. The lowest BCUT2D eigenvalue weighted by molar-refractivity contribution is 0.0749. The van der Waals surface area contributed by atoms with E-state index in [2.05, 4.69) is 4.98 Å². The van der Waals surface area contributed by atoms with Gasteiger partial charge in [-0.2, -0.15) is 0 Å². The number of para-hydroxylation sites is 1. The number of pyridine rings is 1. The minimum atomic E-state index is -0.179. The van der Waals surface area contributed by atoms with Crippen LogP contribution >= 0.6 is 22.9 Å². The van der Waals surface area contributed by atoms with E-state index in [4.69, 9.17) is 11.6 Å². The van der Waals surface area contributed by atoms with E-state index in [1.54, 1.807) is 4.90 Å². The number of benzene rings is 3. The molecule has 0 saturated carbocycles. The summed E-state index contributed by atoms with van der Waals surface area (Å²) in [6, 6.07) is 25.6. The molecule has 2 aromatic heterocycles. The van der Waals surface area contributed by atoms with Crippen LogP contribution in [0.25, 0.3) is 21.0 Å². The molecule has 0 aliphatic rings. The van der Waals surface area contributed by atoms with Crippen LogP contribution in [0.4, 0.5) is 0 Å². The number of hydrogen-bond donors (Lipinski definition) is 1. The van der Waals surface area contributed by atoms with E-state index < -0.39 is 0 Å². The van der Waals surface area contributed by atoms with Crippen molar-refractivity contribution in [2.24, 2.45) is 0 Å². The number of H-pyrrole nitrogens is 1. The molecule has 0 spiro atoms. The monoisotopic (exact) mass is 486 g/mol. The summed E-state index contributed by atoms with van der Waals surface area (Å²) in [7, 11) is 0. The highest BCUT2D eigenvalue weighted by Gasteiger charge is 2.23. The van der Waals surface area contributed by atoms with E-state index in [0.29, 0.717) is 28.4 Å². The van der Waals surface area contributed by atoms with Crippen LogP contribution in [0.5, 0.6) is 0 Å². The van der Waals surface area contributed by atoms with Gasteiger partial charge in [-0.3, -0.25) is 9.59 Å². The Morgan fingerprint density at radius 1 is 1.00 bits per heavy atom. The minimum Gasteiger partial charge on any atom is -0.333 e. The molecule has 0 radical (unpaired) electrons. The molecule has 0 aliphatic carbocycles. The number of fused-ring (bicyclic) bond motifs is 2. The van der Waals surface area contributed by atoms with Crippen LogP contribution < -0.4 is 5.56 Å². The summed E-state index contributed by atoms with van der Waals surface area (Å²) in [4.78, 5) is 31.9. The molecule has 0 fully saturated rings. The number of halogens is 1. The van der Waals surface area contributed by atoms with E-state index in [1.165, 1.54) is 11.3 Å². The summed E-state index contributed by atoms with van der Waals surface area (Å²) < 4.78 is 0.970. The minimum absolute atomic E-state index is 0.161. The van der Waals surface area contributed by atoms with Crippen LogP contribution in [0.15, 0.2) is 83.7 Å². The Kier molecular flexibility index (Phi) is 6.22. The number of nitrogens with one attached hydrogen (secondary N) is 1. The Balaban J connectivity index is 1.52. The Hall–Kier alpha value is -3.41. The molecule has 3 aromatic carbocycles. The van der Waals surface area contributed by atoms with Crippen LogP contribution in [0.2, 0.25) is 5.02 Å². The largest absolute Gasteiger partial charge is 0.333 e. The smallest absolute Gasteiger partial charge is 0.265 e. The van der Waals surface area contributed by atoms with Crippen LogP contribution in [0.3, 0.4) is 0 Å². The van der Waals surface area contributed by atoms with Crippen LogP contribution in [0.1, 0.15) is 26.4 Å². The summed E-state index contributed by atoms with van der Waals surface area (Å²) in [6.45, 7) is 2.64. The third-order valence-corrected chi connectivity index (χ3v) is 7.72. The van der Waals surface area contributed by atoms with E-state index >= 15 is 0 Å². The standard InChI is InChI=1S/C28H23ClN2O2S/c1-18-8-7-11-20-16-21(27(32)30-25(18)20)17-31(15-14-19-9-3-2-4-10-19)28(33)26-24(29)22-12-5-6-13-23(22)34-26/h2-13,16H,14-15,17H2,1H3,(H,30,32). The van der Waals surface area contributed by atoms with Crippen molar-refractivity contribution in [3.8, 4) is 0 Å². The average molecular weight is 487 g/mol. The predicted molar refractivity (Wildman–Crippen MR) is 141 cm³/mol. The molecule has 5 rings (SSSR count). The first kappa shape index (κ1) is 22.4. The van der Waals surface area contributed by atoms with Gasteiger partial charge in [0, 0.05) is 22.2 Å². The number of nitrogens with zero attached hydrogens (tertiary/aromatic N) is 1. The molecular formula is C28H23ClN2O2S.